The summed E-state index contributed by atoms with van der Waals surface area (Å²) in [5, 5.41) is 0. The van der Waals surface area contributed by atoms with Crippen LogP contribution in [0.1, 0.15) is 167 Å². The predicted molar refractivity (Wildman–Crippen MR) is 199 cm³/mol. The van der Waals surface area contributed by atoms with Crippen LogP contribution in [0.5, 0.6) is 0 Å². The molecule has 2 rings (SSSR count). The summed E-state index contributed by atoms with van der Waals surface area (Å²) >= 11 is 0. The number of allylic oxidation sites excluding steroid dienone is 2. The molecule has 0 spiro atoms. The average Bonchev–Trinajstić information content (AvgIpc) is 3.01. The third-order valence-corrected chi connectivity index (χ3v) is 8.50. The van der Waals surface area contributed by atoms with Crippen LogP contribution in [0, 0.1) is 0 Å². The molecular weight excluding hydrogens is 532 g/mol. The van der Waals surface area contributed by atoms with Crippen molar-refractivity contribution in [1.29, 1.82) is 0 Å². The second kappa shape index (κ2) is 23.8. The van der Waals surface area contributed by atoms with E-state index in [4.69, 9.17) is 9.98 Å². The van der Waals surface area contributed by atoms with Crippen molar-refractivity contribution in [2.45, 2.75) is 170 Å². The van der Waals surface area contributed by atoms with E-state index in [1.54, 1.807) is 0 Å². The van der Waals surface area contributed by atoms with Crippen LogP contribution in [0.4, 0.5) is 11.4 Å². The largest absolute Gasteiger partial charge is 0.251 e. The lowest BCUT2D eigenvalue weighted by Crippen LogP contribution is -2.12. The van der Waals surface area contributed by atoms with Gasteiger partial charge in [0.25, 0.3) is 0 Å². The molecule has 0 saturated carbocycles. The van der Waals surface area contributed by atoms with E-state index in [1.165, 1.54) is 112 Å². The number of unbranched alkanes of at least 4 members (excludes halogenated alkanes) is 10. The Morgan fingerprint density at radius 1 is 0.477 bits per heavy atom. The van der Waals surface area contributed by atoms with E-state index in [9.17, 15) is 0 Å². The molecule has 0 heterocycles. The van der Waals surface area contributed by atoms with Gasteiger partial charge in [-0.1, -0.05) is 117 Å². The Kier molecular flexibility index (Phi) is 20.4. The van der Waals surface area contributed by atoms with Gasteiger partial charge in [-0.2, -0.15) is 0 Å². The highest BCUT2D eigenvalue weighted by atomic mass is 14.8. The molecule has 0 fully saturated rings. The fourth-order valence-corrected chi connectivity index (χ4v) is 5.94. The van der Waals surface area contributed by atoms with Gasteiger partial charge in [-0.15, -0.1) is 0 Å². The summed E-state index contributed by atoms with van der Waals surface area (Å²) in [4.78, 5) is 10.8. The van der Waals surface area contributed by atoms with Crippen LogP contribution >= 0.6 is 0 Å². The molecule has 44 heavy (non-hydrogen) atoms. The third-order valence-electron chi connectivity index (χ3n) is 8.50. The first-order valence-electron chi connectivity index (χ1n) is 18.6. The number of hydrogen-bond donors (Lipinski definition) is 0. The number of aryl methyl sites for hydroxylation is 4. The summed E-state index contributed by atoms with van der Waals surface area (Å²) in [6.07, 6.45) is 28.6. The van der Waals surface area contributed by atoms with Crippen LogP contribution < -0.4 is 0 Å². The number of benzene rings is 2. The second-order valence-corrected chi connectivity index (χ2v) is 12.9. The van der Waals surface area contributed by atoms with Gasteiger partial charge in [0.15, 0.2) is 0 Å². The van der Waals surface area contributed by atoms with Crippen LogP contribution in [-0.2, 0) is 25.7 Å². The molecule has 0 radical (unpaired) electrons. The maximum Gasteiger partial charge on any atom is 0.0848 e. The summed E-state index contributed by atoms with van der Waals surface area (Å²) in [6, 6.07) is 14.3. The number of rotatable bonds is 24. The van der Waals surface area contributed by atoms with E-state index in [-0.39, 0.29) is 0 Å². The van der Waals surface area contributed by atoms with Gasteiger partial charge < -0.3 is 0 Å². The van der Waals surface area contributed by atoms with E-state index in [0.717, 1.165) is 61.3 Å². The molecule has 0 aliphatic carbocycles. The summed E-state index contributed by atoms with van der Waals surface area (Å²) < 4.78 is 0. The van der Waals surface area contributed by atoms with E-state index in [0.29, 0.717) is 0 Å². The van der Waals surface area contributed by atoms with Crippen molar-refractivity contribution in [1.82, 2.24) is 0 Å². The fraction of sp³-hybridized carbons (Fsp3) is 0.619. The second-order valence-electron chi connectivity index (χ2n) is 12.9. The molecule has 0 amide bonds. The average molecular weight is 599 g/mol. The summed E-state index contributed by atoms with van der Waals surface area (Å²) in [5.41, 5.74) is 10.1. The van der Waals surface area contributed by atoms with Gasteiger partial charge in [0.1, 0.15) is 0 Å². The van der Waals surface area contributed by atoms with Crippen molar-refractivity contribution in [3.8, 4) is 0 Å². The summed E-state index contributed by atoms with van der Waals surface area (Å²) in [7, 11) is 0. The quantitative estimate of drug-likeness (QED) is 0.0848. The maximum atomic E-state index is 5.42. The molecule has 0 N–H and O–H groups in total. The fourth-order valence-electron chi connectivity index (χ4n) is 5.94. The molecule has 0 bridgehead atoms. The van der Waals surface area contributed by atoms with Gasteiger partial charge in [-0.05, 0) is 124 Å². The molecule has 2 heteroatoms. The summed E-state index contributed by atoms with van der Waals surface area (Å²) in [5.74, 6) is 0. The lowest BCUT2D eigenvalue weighted by Gasteiger charge is -2.12. The normalized spacial score (nSPS) is 12.5. The Morgan fingerprint density at radius 2 is 0.841 bits per heavy atom. The Morgan fingerprint density at radius 3 is 1.20 bits per heavy atom. The highest BCUT2D eigenvalue weighted by molar-refractivity contribution is 6.47. The SMILES string of the molecule is C/C=C\C(=Nc1cc(CCCCC)cc(CCCCC)c1)C(CCCCC)=Nc1cc(CCCCC)cc(CCCCC)c1. The lowest BCUT2D eigenvalue weighted by atomic mass is 9.99. The minimum atomic E-state index is 0.960. The highest BCUT2D eigenvalue weighted by Crippen LogP contribution is 2.25. The van der Waals surface area contributed by atoms with Crippen molar-refractivity contribution in [2.24, 2.45) is 9.98 Å². The van der Waals surface area contributed by atoms with Gasteiger partial charge in [0.05, 0.1) is 22.8 Å². The minimum Gasteiger partial charge on any atom is -0.251 e. The maximum absolute atomic E-state index is 5.42. The van der Waals surface area contributed by atoms with Gasteiger partial charge in [-0.3, -0.25) is 4.99 Å². The number of aliphatic imine (C=N–C) groups is 2. The molecule has 0 saturated heterocycles. The zero-order valence-electron chi connectivity index (χ0n) is 29.7. The third kappa shape index (κ3) is 15.5. The van der Waals surface area contributed by atoms with Crippen molar-refractivity contribution in [3.63, 3.8) is 0 Å². The molecule has 0 aliphatic heterocycles. The first-order valence-corrected chi connectivity index (χ1v) is 18.6. The van der Waals surface area contributed by atoms with Crippen LogP contribution in [0.15, 0.2) is 58.5 Å². The Bertz CT molecular complexity index is 1080. The monoisotopic (exact) mass is 599 g/mol. The van der Waals surface area contributed by atoms with Gasteiger partial charge in [0, 0.05) is 0 Å². The predicted octanol–water partition coefficient (Wildman–Crippen LogP) is 13.6. The molecule has 0 aliphatic rings. The van der Waals surface area contributed by atoms with Crippen LogP contribution in [0.3, 0.4) is 0 Å². The Hall–Kier alpha value is -2.48. The Balaban J connectivity index is 2.58. The summed E-state index contributed by atoms with van der Waals surface area (Å²) in [6.45, 7) is 13.5. The van der Waals surface area contributed by atoms with E-state index in [2.05, 4.69) is 90.1 Å². The lowest BCUT2D eigenvalue weighted by molar-refractivity contribution is 0.708. The zero-order chi connectivity index (χ0) is 31.8. The van der Waals surface area contributed by atoms with Crippen LogP contribution in [0.25, 0.3) is 0 Å². The highest BCUT2D eigenvalue weighted by Gasteiger charge is 2.11. The molecule has 2 aromatic carbocycles. The first-order chi connectivity index (χ1) is 21.6. The van der Waals surface area contributed by atoms with Gasteiger partial charge in [-0.25, -0.2) is 4.99 Å². The minimum absolute atomic E-state index is 0.960. The van der Waals surface area contributed by atoms with Gasteiger partial charge in [0.2, 0.25) is 0 Å². The van der Waals surface area contributed by atoms with Crippen LogP contribution in [-0.4, -0.2) is 11.4 Å². The molecule has 0 aromatic heterocycles. The molecule has 2 nitrogen and oxygen atoms in total. The van der Waals surface area contributed by atoms with Crippen molar-refractivity contribution >= 4 is 22.8 Å². The molecule has 0 unspecified atom stereocenters. The van der Waals surface area contributed by atoms with E-state index < -0.39 is 0 Å². The van der Waals surface area contributed by atoms with Crippen LogP contribution in [0.2, 0.25) is 0 Å². The number of hydrogen-bond acceptors (Lipinski definition) is 2. The molecule has 244 valence electrons. The zero-order valence-corrected chi connectivity index (χ0v) is 29.7. The smallest absolute Gasteiger partial charge is 0.0848 e. The topological polar surface area (TPSA) is 24.7 Å². The van der Waals surface area contributed by atoms with E-state index >= 15 is 0 Å². The van der Waals surface area contributed by atoms with Crippen molar-refractivity contribution in [3.05, 3.63) is 70.8 Å². The standard InChI is InChI=1S/C42H66N2/c1-7-13-18-24-35-29-36(25-19-14-8-2)32-39(31-35)43-41(23-12-6)42(28-22-17-11-5)44-40-33-37(26-20-15-9-3)30-38(34-40)27-21-16-10-4/h12,23,29-34H,7-11,13-22,24-28H2,1-6H3/b23-12-,43-41?,44-42?. The van der Waals surface area contributed by atoms with Gasteiger partial charge >= 0.3 is 0 Å². The van der Waals surface area contributed by atoms with Crippen molar-refractivity contribution in [2.75, 3.05) is 0 Å². The van der Waals surface area contributed by atoms with Crippen molar-refractivity contribution < 1.29 is 0 Å². The molecule has 0 atom stereocenters. The molecular formula is C42H66N2. The number of nitrogens with zero attached hydrogens (tertiary/aromatic N) is 2. The Labute approximate surface area is 273 Å². The first kappa shape index (κ1) is 37.7. The van der Waals surface area contributed by atoms with E-state index in [1.807, 2.05) is 0 Å². The molecule has 2 aromatic rings.